The number of carbonyl (C=O) groups excluding carboxylic acids is 1. The molecule has 0 radical (unpaired) electrons. The number of nitrogens with one attached hydrogen (secondary N) is 2. The second kappa shape index (κ2) is 8.51. The van der Waals surface area contributed by atoms with Crippen molar-refractivity contribution < 1.29 is 9.18 Å². The monoisotopic (exact) mass is 371 g/mol. The SMILES string of the molecule is C=N/C(NC1(C)CC1)=C(\CC)C(C(=O)NCc1cccc(C)c1F)=C(C)C. The van der Waals surface area contributed by atoms with E-state index in [0.717, 1.165) is 24.0 Å². The van der Waals surface area contributed by atoms with E-state index in [0.29, 0.717) is 28.9 Å². The molecule has 1 aromatic rings. The lowest BCUT2D eigenvalue weighted by molar-refractivity contribution is -0.117. The van der Waals surface area contributed by atoms with Gasteiger partial charge in [0, 0.05) is 28.8 Å². The third-order valence-corrected chi connectivity index (χ3v) is 4.96. The van der Waals surface area contributed by atoms with Crippen LogP contribution in [-0.4, -0.2) is 18.2 Å². The molecule has 0 spiro atoms. The van der Waals surface area contributed by atoms with Crippen LogP contribution < -0.4 is 10.6 Å². The molecule has 0 atom stereocenters. The molecule has 0 aromatic heterocycles. The topological polar surface area (TPSA) is 53.5 Å². The maximum absolute atomic E-state index is 14.2. The highest BCUT2D eigenvalue weighted by molar-refractivity contribution is 5.98. The van der Waals surface area contributed by atoms with Gasteiger partial charge in [-0.05, 0) is 59.2 Å². The quantitative estimate of drug-likeness (QED) is 0.400. The highest BCUT2D eigenvalue weighted by atomic mass is 19.1. The summed E-state index contributed by atoms with van der Waals surface area (Å²) in [6.45, 7) is 13.5. The van der Waals surface area contributed by atoms with Gasteiger partial charge in [-0.25, -0.2) is 9.38 Å². The van der Waals surface area contributed by atoms with Crippen LogP contribution in [0.1, 0.15) is 58.1 Å². The number of amides is 1. The predicted octanol–water partition coefficient (Wildman–Crippen LogP) is 4.55. The van der Waals surface area contributed by atoms with Crippen LogP contribution in [0, 0.1) is 12.7 Å². The standard InChI is InChI=1S/C22H30FN3O/c1-7-17(20(24-6)26-22(5)11-12-22)18(14(2)3)21(27)25-13-16-10-8-9-15(4)19(16)23/h8-10,26H,6-7,11-13H2,1-5H3,(H,25,27)/b20-17-. The Hall–Kier alpha value is -2.43. The molecular formula is C22H30FN3O. The number of halogens is 1. The van der Waals surface area contributed by atoms with Gasteiger partial charge in [-0.1, -0.05) is 30.7 Å². The molecule has 146 valence electrons. The molecule has 27 heavy (non-hydrogen) atoms. The van der Waals surface area contributed by atoms with Gasteiger partial charge in [0.1, 0.15) is 11.6 Å². The number of aliphatic imine (C=N–C) groups is 1. The first-order valence-corrected chi connectivity index (χ1v) is 9.40. The molecule has 0 heterocycles. The lowest BCUT2D eigenvalue weighted by Crippen LogP contribution is -2.31. The minimum Gasteiger partial charge on any atom is -0.365 e. The molecular weight excluding hydrogens is 341 g/mol. The summed E-state index contributed by atoms with van der Waals surface area (Å²) in [7, 11) is 0. The maximum atomic E-state index is 14.2. The van der Waals surface area contributed by atoms with Crippen LogP contribution in [0.4, 0.5) is 4.39 Å². The summed E-state index contributed by atoms with van der Waals surface area (Å²) in [5, 5.41) is 6.28. The minimum absolute atomic E-state index is 0.0326. The summed E-state index contributed by atoms with van der Waals surface area (Å²) < 4.78 is 14.2. The van der Waals surface area contributed by atoms with E-state index in [1.165, 1.54) is 0 Å². The zero-order valence-corrected chi connectivity index (χ0v) is 17.0. The number of carbonyl (C=O) groups is 1. The van der Waals surface area contributed by atoms with Crippen molar-refractivity contribution >= 4 is 12.6 Å². The molecule has 1 aliphatic rings. The third kappa shape index (κ3) is 5.06. The number of hydrogen-bond acceptors (Lipinski definition) is 3. The second-order valence-corrected chi connectivity index (χ2v) is 7.63. The average Bonchev–Trinajstić information content (AvgIpc) is 3.35. The number of hydrogen-bond donors (Lipinski definition) is 2. The summed E-state index contributed by atoms with van der Waals surface area (Å²) in [5.74, 6) is 0.154. The lowest BCUT2D eigenvalue weighted by Gasteiger charge is -2.20. The van der Waals surface area contributed by atoms with Crippen molar-refractivity contribution in [3.05, 3.63) is 57.7 Å². The van der Waals surface area contributed by atoms with E-state index in [9.17, 15) is 9.18 Å². The number of allylic oxidation sites excluding steroid dienone is 1. The zero-order valence-electron chi connectivity index (χ0n) is 17.0. The molecule has 4 nitrogen and oxygen atoms in total. The molecule has 0 unspecified atom stereocenters. The smallest absolute Gasteiger partial charge is 0.251 e. The van der Waals surface area contributed by atoms with Crippen molar-refractivity contribution in [2.75, 3.05) is 0 Å². The molecule has 5 heteroatoms. The van der Waals surface area contributed by atoms with Gasteiger partial charge in [-0.15, -0.1) is 0 Å². The van der Waals surface area contributed by atoms with Gasteiger partial charge in [0.25, 0.3) is 5.91 Å². The van der Waals surface area contributed by atoms with Gasteiger partial charge < -0.3 is 10.6 Å². The predicted molar refractivity (Wildman–Crippen MR) is 109 cm³/mol. The van der Waals surface area contributed by atoms with Crippen LogP contribution in [0.5, 0.6) is 0 Å². The maximum Gasteiger partial charge on any atom is 0.251 e. The lowest BCUT2D eigenvalue weighted by atomic mass is 9.97. The normalized spacial score (nSPS) is 15.5. The van der Waals surface area contributed by atoms with E-state index < -0.39 is 0 Å². The number of benzene rings is 1. The molecule has 0 saturated heterocycles. The van der Waals surface area contributed by atoms with Gasteiger partial charge >= 0.3 is 0 Å². The van der Waals surface area contributed by atoms with E-state index in [4.69, 9.17) is 0 Å². The van der Waals surface area contributed by atoms with Crippen molar-refractivity contribution in [3.63, 3.8) is 0 Å². The van der Waals surface area contributed by atoms with E-state index in [1.54, 1.807) is 25.1 Å². The minimum atomic E-state index is -0.278. The third-order valence-electron chi connectivity index (χ3n) is 4.96. The summed E-state index contributed by atoms with van der Waals surface area (Å²) in [6.07, 6.45) is 2.79. The van der Waals surface area contributed by atoms with Crippen LogP contribution in [0.2, 0.25) is 0 Å². The first kappa shape index (κ1) is 20.9. The van der Waals surface area contributed by atoms with Crippen molar-refractivity contribution in [1.29, 1.82) is 0 Å². The molecule has 1 amide bonds. The van der Waals surface area contributed by atoms with Crippen molar-refractivity contribution in [1.82, 2.24) is 10.6 Å². The van der Waals surface area contributed by atoms with Gasteiger partial charge in [-0.2, -0.15) is 0 Å². The van der Waals surface area contributed by atoms with Crippen LogP contribution in [0.3, 0.4) is 0 Å². The number of aryl methyl sites for hydroxylation is 1. The fourth-order valence-electron chi connectivity index (χ4n) is 3.05. The zero-order chi connectivity index (χ0) is 20.2. The number of rotatable bonds is 8. The Kier molecular flexibility index (Phi) is 6.58. The van der Waals surface area contributed by atoms with Gasteiger partial charge in [0.2, 0.25) is 0 Å². The van der Waals surface area contributed by atoms with Gasteiger partial charge in [-0.3, -0.25) is 4.79 Å². The Labute approximate surface area is 161 Å². The van der Waals surface area contributed by atoms with Crippen LogP contribution in [0.15, 0.2) is 45.7 Å². The Morgan fingerprint density at radius 1 is 1.33 bits per heavy atom. The molecule has 1 fully saturated rings. The Morgan fingerprint density at radius 2 is 2.00 bits per heavy atom. The molecule has 1 aromatic carbocycles. The average molecular weight is 372 g/mol. The largest absolute Gasteiger partial charge is 0.365 e. The van der Waals surface area contributed by atoms with Crippen molar-refractivity contribution in [2.45, 2.75) is 66.0 Å². The van der Waals surface area contributed by atoms with E-state index in [2.05, 4.69) is 29.3 Å². The van der Waals surface area contributed by atoms with Gasteiger partial charge in [0.15, 0.2) is 0 Å². The highest BCUT2D eigenvalue weighted by Gasteiger charge is 2.38. The molecule has 1 saturated carbocycles. The molecule has 2 N–H and O–H groups in total. The van der Waals surface area contributed by atoms with Crippen molar-refractivity contribution in [3.8, 4) is 0 Å². The Morgan fingerprint density at radius 3 is 2.52 bits per heavy atom. The first-order chi connectivity index (χ1) is 12.7. The summed E-state index contributed by atoms with van der Waals surface area (Å²) in [6, 6.07) is 5.19. The fourth-order valence-corrected chi connectivity index (χ4v) is 3.05. The first-order valence-electron chi connectivity index (χ1n) is 9.40. The van der Waals surface area contributed by atoms with E-state index >= 15 is 0 Å². The highest BCUT2D eigenvalue weighted by Crippen LogP contribution is 2.36. The van der Waals surface area contributed by atoms with Crippen LogP contribution in [0.25, 0.3) is 0 Å². The number of nitrogens with zero attached hydrogens (tertiary/aromatic N) is 1. The Balaban J connectivity index is 2.27. The van der Waals surface area contributed by atoms with E-state index in [1.807, 2.05) is 20.8 Å². The Bertz CT molecular complexity index is 800. The molecule has 2 rings (SSSR count). The molecule has 0 bridgehead atoms. The molecule has 1 aliphatic carbocycles. The van der Waals surface area contributed by atoms with Gasteiger partial charge in [0.05, 0.1) is 0 Å². The summed E-state index contributed by atoms with van der Waals surface area (Å²) in [4.78, 5) is 17.1. The van der Waals surface area contributed by atoms with Crippen LogP contribution >= 0.6 is 0 Å². The summed E-state index contributed by atoms with van der Waals surface area (Å²) >= 11 is 0. The van der Waals surface area contributed by atoms with E-state index in [-0.39, 0.29) is 23.8 Å². The molecule has 0 aliphatic heterocycles. The fraction of sp³-hybridized carbons (Fsp3) is 0.455. The second-order valence-electron chi connectivity index (χ2n) is 7.63. The van der Waals surface area contributed by atoms with Crippen molar-refractivity contribution in [2.24, 2.45) is 4.99 Å². The van der Waals surface area contributed by atoms with Crippen LogP contribution in [-0.2, 0) is 11.3 Å². The summed E-state index contributed by atoms with van der Waals surface area (Å²) in [5.41, 5.74) is 3.38.